The van der Waals surface area contributed by atoms with Gasteiger partial charge in [-0.2, -0.15) is 0 Å². The summed E-state index contributed by atoms with van der Waals surface area (Å²) in [5.41, 5.74) is 0.656. The van der Waals surface area contributed by atoms with Crippen molar-refractivity contribution in [1.29, 1.82) is 0 Å². The van der Waals surface area contributed by atoms with Crippen LogP contribution in [0.2, 0.25) is 5.02 Å². The molecule has 4 rings (SSSR count). The van der Waals surface area contributed by atoms with Crippen LogP contribution in [0.4, 0.5) is 5.69 Å². The van der Waals surface area contributed by atoms with E-state index in [2.05, 4.69) is 15.5 Å². The first-order valence-electron chi connectivity index (χ1n) is 8.69. The maximum atomic E-state index is 12.1. The molecule has 0 saturated carbocycles. The van der Waals surface area contributed by atoms with Crippen LogP contribution in [0, 0.1) is 0 Å². The average Bonchev–Trinajstić information content (AvgIpc) is 3.36. The number of rotatable bonds is 8. The molecule has 1 aromatic heterocycles. The van der Waals surface area contributed by atoms with E-state index >= 15 is 0 Å². The Kier molecular flexibility index (Phi) is 6.06. The molecule has 1 amide bonds. The van der Waals surface area contributed by atoms with Crippen LogP contribution in [0.1, 0.15) is 12.3 Å². The van der Waals surface area contributed by atoms with Crippen molar-refractivity contribution in [2.24, 2.45) is 0 Å². The van der Waals surface area contributed by atoms with Crippen LogP contribution in [-0.2, 0) is 11.4 Å². The minimum absolute atomic E-state index is 0.123. The number of thioether (sulfide) groups is 1. The molecular formula is C19H16ClN3O5S. The normalized spacial score (nSPS) is 12.0. The number of aromatic nitrogens is 2. The molecular weight excluding hydrogens is 418 g/mol. The van der Waals surface area contributed by atoms with E-state index in [0.717, 1.165) is 0 Å². The van der Waals surface area contributed by atoms with Crippen molar-refractivity contribution in [3.8, 4) is 17.2 Å². The molecule has 1 aliphatic heterocycles. The Hall–Kier alpha value is -2.91. The minimum Gasteiger partial charge on any atom is -0.484 e. The van der Waals surface area contributed by atoms with E-state index in [-0.39, 0.29) is 25.7 Å². The molecule has 2 aromatic carbocycles. The number of carbonyl (C=O) groups excluding carboxylic acids is 1. The molecule has 0 unspecified atom stereocenters. The summed E-state index contributed by atoms with van der Waals surface area (Å²) < 4.78 is 21.6. The van der Waals surface area contributed by atoms with Crippen LogP contribution in [0.3, 0.4) is 0 Å². The van der Waals surface area contributed by atoms with Crippen molar-refractivity contribution in [3.05, 3.63) is 53.4 Å². The van der Waals surface area contributed by atoms with Crippen LogP contribution in [0.15, 0.2) is 52.1 Å². The van der Waals surface area contributed by atoms with E-state index in [9.17, 15) is 4.79 Å². The highest BCUT2D eigenvalue weighted by atomic mass is 35.5. The van der Waals surface area contributed by atoms with Gasteiger partial charge < -0.3 is 23.9 Å². The number of hydrogen-bond acceptors (Lipinski definition) is 8. The molecule has 29 heavy (non-hydrogen) atoms. The fourth-order valence-corrected chi connectivity index (χ4v) is 3.30. The van der Waals surface area contributed by atoms with Crippen molar-refractivity contribution < 1.29 is 23.4 Å². The summed E-state index contributed by atoms with van der Waals surface area (Å²) in [7, 11) is 0. The van der Waals surface area contributed by atoms with Crippen molar-refractivity contribution in [1.82, 2.24) is 10.2 Å². The van der Waals surface area contributed by atoms with Crippen molar-refractivity contribution in [2.75, 3.05) is 17.9 Å². The maximum Gasteiger partial charge on any atom is 0.276 e. The number of hydrogen-bond donors (Lipinski definition) is 1. The average molecular weight is 434 g/mol. The second-order valence-electron chi connectivity index (χ2n) is 5.92. The van der Waals surface area contributed by atoms with Crippen LogP contribution in [0.25, 0.3) is 0 Å². The van der Waals surface area contributed by atoms with Crippen LogP contribution < -0.4 is 19.5 Å². The topological polar surface area (TPSA) is 95.7 Å². The highest BCUT2D eigenvalue weighted by Crippen LogP contribution is 2.34. The van der Waals surface area contributed by atoms with Gasteiger partial charge >= 0.3 is 0 Å². The summed E-state index contributed by atoms with van der Waals surface area (Å²) in [5, 5.41) is 11.7. The van der Waals surface area contributed by atoms with Gasteiger partial charge in [0.05, 0.1) is 0 Å². The first-order valence-corrected chi connectivity index (χ1v) is 10.0. The van der Waals surface area contributed by atoms with Crippen LogP contribution in [-0.4, -0.2) is 28.7 Å². The Morgan fingerprint density at radius 2 is 1.97 bits per heavy atom. The van der Waals surface area contributed by atoms with Gasteiger partial charge in [-0.15, -0.1) is 10.2 Å². The Labute approximate surface area is 175 Å². The highest BCUT2D eigenvalue weighted by Gasteiger charge is 2.14. The Morgan fingerprint density at radius 3 is 2.83 bits per heavy atom. The molecule has 0 saturated heterocycles. The van der Waals surface area contributed by atoms with E-state index in [1.807, 2.05) is 0 Å². The summed E-state index contributed by atoms with van der Waals surface area (Å²) in [6.45, 7) is 0.347. The number of ether oxygens (including phenoxy) is 3. The molecule has 10 heteroatoms. The SMILES string of the molecule is O=C(CCSc1nnc(COc2ccc(Cl)cc2)o1)Nc1ccc2c(c1)OCO2. The fourth-order valence-electron chi connectivity index (χ4n) is 2.46. The van der Waals surface area contributed by atoms with Gasteiger partial charge in [-0.25, -0.2) is 0 Å². The van der Waals surface area contributed by atoms with E-state index < -0.39 is 0 Å². The van der Waals surface area contributed by atoms with Gasteiger partial charge in [0.1, 0.15) is 5.75 Å². The lowest BCUT2D eigenvalue weighted by atomic mass is 10.2. The summed E-state index contributed by atoms with van der Waals surface area (Å²) in [5.74, 6) is 2.68. The summed E-state index contributed by atoms with van der Waals surface area (Å²) in [6.07, 6.45) is 0.290. The molecule has 0 fully saturated rings. The van der Waals surface area contributed by atoms with Gasteiger partial charge in [-0.05, 0) is 36.4 Å². The Morgan fingerprint density at radius 1 is 1.14 bits per heavy atom. The molecule has 0 bridgehead atoms. The van der Waals surface area contributed by atoms with Gasteiger partial charge in [0.25, 0.3) is 11.1 Å². The largest absolute Gasteiger partial charge is 0.484 e. The van der Waals surface area contributed by atoms with Crippen LogP contribution >= 0.6 is 23.4 Å². The number of benzene rings is 2. The maximum absolute atomic E-state index is 12.1. The van der Waals surface area contributed by atoms with Gasteiger partial charge in [0.15, 0.2) is 18.1 Å². The zero-order chi connectivity index (χ0) is 20.1. The van der Waals surface area contributed by atoms with Crippen molar-refractivity contribution in [3.63, 3.8) is 0 Å². The zero-order valence-electron chi connectivity index (χ0n) is 15.1. The van der Waals surface area contributed by atoms with Crippen LogP contribution in [0.5, 0.6) is 17.2 Å². The molecule has 0 aliphatic carbocycles. The first-order chi connectivity index (χ1) is 14.2. The van der Waals surface area contributed by atoms with E-state index in [1.165, 1.54) is 11.8 Å². The molecule has 1 aliphatic rings. The molecule has 0 spiro atoms. The van der Waals surface area contributed by atoms with Gasteiger partial charge in [0, 0.05) is 29.0 Å². The number of fused-ring (bicyclic) bond motifs is 1. The minimum atomic E-state index is -0.123. The second-order valence-corrected chi connectivity index (χ2v) is 7.40. The highest BCUT2D eigenvalue weighted by molar-refractivity contribution is 7.99. The lowest BCUT2D eigenvalue weighted by Gasteiger charge is -2.05. The van der Waals surface area contributed by atoms with Gasteiger partial charge in [0.2, 0.25) is 12.7 Å². The fraction of sp³-hybridized carbons (Fsp3) is 0.211. The zero-order valence-corrected chi connectivity index (χ0v) is 16.7. The van der Waals surface area contributed by atoms with Crippen molar-refractivity contribution >= 4 is 35.0 Å². The summed E-state index contributed by atoms with van der Waals surface area (Å²) in [6, 6.07) is 12.3. The number of halogens is 1. The molecule has 0 radical (unpaired) electrons. The summed E-state index contributed by atoms with van der Waals surface area (Å²) in [4.78, 5) is 12.1. The number of carbonyl (C=O) groups is 1. The smallest absolute Gasteiger partial charge is 0.276 e. The van der Waals surface area contributed by atoms with E-state index in [1.54, 1.807) is 42.5 Å². The summed E-state index contributed by atoms with van der Waals surface area (Å²) >= 11 is 7.14. The Bertz CT molecular complexity index is 996. The first kappa shape index (κ1) is 19.4. The number of anilines is 1. The second kappa shape index (κ2) is 9.06. The lowest BCUT2D eigenvalue weighted by Crippen LogP contribution is -2.12. The quantitative estimate of drug-likeness (QED) is 0.529. The third-order valence-electron chi connectivity index (χ3n) is 3.84. The predicted molar refractivity (Wildman–Crippen MR) is 107 cm³/mol. The molecule has 150 valence electrons. The van der Waals surface area contributed by atoms with E-state index in [0.29, 0.717) is 44.8 Å². The molecule has 3 aromatic rings. The van der Waals surface area contributed by atoms with Gasteiger partial charge in [-0.1, -0.05) is 23.4 Å². The molecule has 1 N–H and O–H groups in total. The third kappa shape index (κ3) is 5.33. The number of amides is 1. The lowest BCUT2D eigenvalue weighted by molar-refractivity contribution is -0.115. The molecule has 2 heterocycles. The predicted octanol–water partition coefficient (Wildman–Crippen LogP) is 4.15. The monoisotopic (exact) mass is 433 g/mol. The van der Waals surface area contributed by atoms with Gasteiger partial charge in [-0.3, -0.25) is 4.79 Å². The third-order valence-corrected chi connectivity index (χ3v) is 4.91. The number of nitrogens with zero attached hydrogens (tertiary/aromatic N) is 2. The Balaban J connectivity index is 1.19. The van der Waals surface area contributed by atoms with E-state index in [4.69, 9.17) is 30.2 Å². The number of nitrogens with one attached hydrogen (secondary N) is 1. The standard InChI is InChI=1S/C19H16ClN3O5S/c20-12-1-4-14(5-2-12)25-10-18-22-23-19(28-18)29-8-7-17(24)21-13-3-6-15-16(9-13)27-11-26-15/h1-6,9H,7-8,10-11H2,(H,21,24). The molecule has 0 atom stereocenters. The van der Waals surface area contributed by atoms with Crippen molar-refractivity contribution in [2.45, 2.75) is 18.3 Å². The molecule has 8 nitrogen and oxygen atoms in total.